The molecule has 0 unspecified atom stereocenters. The minimum atomic E-state index is -0.318. The maximum absolute atomic E-state index is 11.2. The number of carbonyl (C=O) groups is 2. The summed E-state index contributed by atoms with van der Waals surface area (Å²) in [5.74, 6) is 0.0295. The standard InChI is InChI=1S/C14H19ClN2O.C5H10O2/c1-11(18)17-10-14(6-8-16-9-7-14)12-2-4-13(15)5-3-12;1-5(2,3)7-4-6/h2-5,16H,6-10H2,1H3,(H,17,18);4H,1-3H3. The predicted octanol–water partition coefficient (Wildman–Crippen LogP) is 3.06. The zero-order valence-electron chi connectivity index (χ0n) is 15.5. The van der Waals surface area contributed by atoms with Crippen LogP contribution in [0.2, 0.25) is 5.02 Å². The Morgan fingerprint density at radius 2 is 1.84 bits per heavy atom. The van der Waals surface area contributed by atoms with Crippen LogP contribution in [0.5, 0.6) is 0 Å². The van der Waals surface area contributed by atoms with Crippen molar-refractivity contribution in [3.05, 3.63) is 34.9 Å². The largest absolute Gasteiger partial charge is 0.462 e. The average molecular weight is 369 g/mol. The minimum absolute atomic E-state index is 0.0295. The highest BCUT2D eigenvalue weighted by molar-refractivity contribution is 6.30. The molecule has 1 fully saturated rings. The number of hydrogen-bond acceptors (Lipinski definition) is 4. The molecule has 25 heavy (non-hydrogen) atoms. The van der Waals surface area contributed by atoms with E-state index in [2.05, 4.69) is 27.5 Å². The maximum Gasteiger partial charge on any atom is 0.293 e. The topological polar surface area (TPSA) is 67.4 Å². The molecule has 1 heterocycles. The van der Waals surface area contributed by atoms with E-state index in [1.807, 2.05) is 32.9 Å². The molecule has 0 aliphatic carbocycles. The lowest BCUT2D eigenvalue weighted by molar-refractivity contribution is -0.138. The molecule has 1 aromatic carbocycles. The van der Waals surface area contributed by atoms with Crippen LogP contribution in [0.4, 0.5) is 0 Å². The minimum Gasteiger partial charge on any atom is -0.462 e. The predicted molar refractivity (Wildman–Crippen MR) is 101 cm³/mol. The molecule has 0 radical (unpaired) electrons. The summed E-state index contributed by atoms with van der Waals surface area (Å²) in [4.78, 5) is 20.8. The fraction of sp³-hybridized carbons (Fsp3) is 0.579. The van der Waals surface area contributed by atoms with E-state index in [0.717, 1.165) is 31.0 Å². The van der Waals surface area contributed by atoms with Crippen LogP contribution in [-0.2, 0) is 19.7 Å². The SMILES string of the molecule is CC(=O)NCC1(c2ccc(Cl)cc2)CCNCC1.CC(C)(C)OC=O. The maximum atomic E-state index is 11.2. The van der Waals surface area contributed by atoms with E-state index in [0.29, 0.717) is 13.0 Å². The summed E-state index contributed by atoms with van der Waals surface area (Å²) < 4.78 is 4.55. The van der Waals surface area contributed by atoms with E-state index in [4.69, 9.17) is 11.6 Å². The van der Waals surface area contributed by atoms with Crippen molar-refractivity contribution in [2.75, 3.05) is 19.6 Å². The third-order valence-corrected chi connectivity index (χ3v) is 4.35. The van der Waals surface area contributed by atoms with E-state index in [9.17, 15) is 9.59 Å². The molecule has 0 aromatic heterocycles. The van der Waals surface area contributed by atoms with Gasteiger partial charge in [0.05, 0.1) is 0 Å². The first-order chi connectivity index (χ1) is 11.7. The van der Waals surface area contributed by atoms with Crippen molar-refractivity contribution in [1.29, 1.82) is 0 Å². The Labute approximate surface area is 155 Å². The highest BCUT2D eigenvalue weighted by Gasteiger charge is 2.33. The molecule has 2 N–H and O–H groups in total. The van der Waals surface area contributed by atoms with Gasteiger partial charge in [-0.05, 0) is 64.4 Å². The van der Waals surface area contributed by atoms with Crippen LogP contribution in [0.3, 0.4) is 0 Å². The summed E-state index contributed by atoms with van der Waals surface area (Å²) in [6.45, 7) is 10.2. The van der Waals surface area contributed by atoms with Gasteiger partial charge in [0.25, 0.3) is 6.47 Å². The second-order valence-electron chi connectivity index (χ2n) is 7.27. The van der Waals surface area contributed by atoms with Gasteiger partial charge in [-0.15, -0.1) is 0 Å². The summed E-state index contributed by atoms with van der Waals surface area (Å²) in [6, 6.07) is 8.01. The molecule has 1 aliphatic rings. The molecule has 1 saturated heterocycles. The molecular formula is C19H29ClN2O3. The van der Waals surface area contributed by atoms with Gasteiger partial charge >= 0.3 is 0 Å². The fourth-order valence-electron chi connectivity index (χ4n) is 2.71. The van der Waals surface area contributed by atoms with Crippen LogP contribution in [0.1, 0.15) is 46.1 Å². The highest BCUT2D eigenvalue weighted by Crippen LogP contribution is 2.33. The molecule has 1 amide bonds. The van der Waals surface area contributed by atoms with Crippen LogP contribution in [-0.4, -0.2) is 37.6 Å². The van der Waals surface area contributed by atoms with E-state index in [1.54, 1.807) is 6.92 Å². The van der Waals surface area contributed by atoms with Gasteiger partial charge in [0.2, 0.25) is 5.91 Å². The number of halogens is 1. The number of ether oxygens (including phenoxy) is 1. The fourth-order valence-corrected chi connectivity index (χ4v) is 2.84. The summed E-state index contributed by atoms with van der Waals surface area (Å²) in [6.07, 6.45) is 2.07. The van der Waals surface area contributed by atoms with E-state index in [1.165, 1.54) is 5.56 Å². The number of hydrogen-bond donors (Lipinski definition) is 2. The first kappa shape index (κ1) is 21.5. The third kappa shape index (κ3) is 7.88. The number of rotatable bonds is 4. The number of nitrogens with one attached hydrogen (secondary N) is 2. The van der Waals surface area contributed by atoms with Crippen LogP contribution in [0.15, 0.2) is 24.3 Å². The van der Waals surface area contributed by atoms with Gasteiger partial charge in [-0.3, -0.25) is 9.59 Å². The second kappa shape index (κ2) is 9.78. The van der Waals surface area contributed by atoms with Gasteiger partial charge < -0.3 is 15.4 Å². The lowest BCUT2D eigenvalue weighted by atomic mass is 9.73. The quantitative estimate of drug-likeness (QED) is 0.801. The van der Waals surface area contributed by atoms with Crippen LogP contribution in [0.25, 0.3) is 0 Å². The van der Waals surface area contributed by atoms with Crippen molar-refractivity contribution >= 4 is 24.0 Å². The Hall–Kier alpha value is -1.59. The Kier molecular flexibility index (Phi) is 8.39. The number of piperidine rings is 1. The Morgan fingerprint density at radius 3 is 2.24 bits per heavy atom. The normalized spacial score (nSPS) is 16.2. The van der Waals surface area contributed by atoms with Crippen LogP contribution >= 0.6 is 11.6 Å². The van der Waals surface area contributed by atoms with Gasteiger partial charge in [-0.1, -0.05) is 23.7 Å². The molecule has 1 aliphatic heterocycles. The molecule has 6 heteroatoms. The highest BCUT2D eigenvalue weighted by atomic mass is 35.5. The first-order valence-electron chi connectivity index (χ1n) is 8.51. The molecule has 0 saturated carbocycles. The molecule has 0 atom stereocenters. The van der Waals surface area contributed by atoms with Crippen molar-refractivity contribution in [3.8, 4) is 0 Å². The Morgan fingerprint density at radius 1 is 1.28 bits per heavy atom. The monoisotopic (exact) mass is 368 g/mol. The summed E-state index contributed by atoms with van der Waals surface area (Å²) in [5.41, 5.74) is 0.991. The number of amides is 1. The second-order valence-corrected chi connectivity index (χ2v) is 7.71. The van der Waals surface area contributed by atoms with E-state index >= 15 is 0 Å². The number of benzene rings is 1. The molecule has 2 rings (SSSR count). The van der Waals surface area contributed by atoms with Gasteiger partial charge in [-0.25, -0.2) is 0 Å². The smallest absolute Gasteiger partial charge is 0.293 e. The van der Waals surface area contributed by atoms with Gasteiger partial charge in [-0.2, -0.15) is 0 Å². The lowest BCUT2D eigenvalue weighted by Gasteiger charge is -2.38. The van der Waals surface area contributed by atoms with Crippen molar-refractivity contribution in [2.45, 2.75) is 51.6 Å². The number of carbonyl (C=O) groups excluding carboxylic acids is 2. The molecule has 0 bridgehead atoms. The van der Waals surface area contributed by atoms with Crippen molar-refractivity contribution in [2.24, 2.45) is 0 Å². The zero-order valence-corrected chi connectivity index (χ0v) is 16.3. The summed E-state index contributed by atoms with van der Waals surface area (Å²) >= 11 is 5.94. The molecular weight excluding hydrogens is 340 g/mol. The third-order valence-electron chi connectivity index (χ3n) is 4.09. The van der Waals surface area contributed by atoms with Gasteiger partial charge in [0, 0.05) is 23.9 Å². The molecule has 0 spiro atoms. The van der Waals surface area contributed by atoms with Crippen molar-refractivity contribution < 1.29 is 14.3 Å². The van der Waals surface area contributed by atoms with Gasteiger partial charge in [0.15, 0.2) is 0 Å². The lowest BCUT2D eigenvalue weighted by Crippen LogP contribution is -2.47. The first-order valence-corrected chi connectivity index (χ1v) is 8.89. The Balaban J connectivity index is 0.000000381. The molecule has 1 aromatic rings. The Bertz CT molecular complexity index is 547. The molecule has 140 valence electrons. The van der Waals surface area contributed by atoms with Crippen molar-refractivity contribution in [3.63, 3.8) is 0 Å². The zero-order chi connectivity index (χ0) is 18.9. The average Bonchev–Trinajstić information content (AvgIpc) is 2.54. The summed E-state index contributed by atoms with van der Waals surface area (Å²) in [5, 5.41) is 7.09. The van der Waals surface area contributed by atoms with Crippen LogP contribution in [0, 0.1) is 0 Å². The van der Waals surface area contributed by atoms with Gasteiger partial charge in [0.1, 0.15) is 5.60 Å². The molecule has 5 nitrogen and oxygen atoms in total. The van der Waals surface area contributed by atoms with E-state index in [-0.39, 0.29) is 16.9 Å². The summed E-state index contributed by atoms with van der Waals surface area (Å²) in [7, 11) is 0. The van der Waals surface area contributed by atoms with Crippen LogP contribution < -0.4 is 10.6 Å². The van der Waals surface area contributed by atoms with Crippen molar-refractivity contribution in [1.82, 2.24) is 10.6 Å². The van der Waals surface area contributed by atoms with E-state index < -0.39 is 0 Å².